The number of nitrogens with zero attached hydrogens (tertiary/aromatic N) is 1. The van der Waals surface area contributed by atoms with Gasteiger partial charge in [-0.3, -0.25) is 14.8 Å². The van der Waals surface area contributed by atoms with Crippen LogP contribution in [0.3, 0.4) is 0 Å². The molecule has 2 heterocycles. The second kappa shape index (κ2) is 8.85. The number of fused-ring (bicyclic) bond motifs is 3. The van der Waals surface area contributed by atoms with Gasteiger partial charge in [-0.15, -0.1) is 0 Å². The number of carbonyl (C=O) groups excluding carboxylic acids is 2. The van der Waals surface area contributed by atoms with Gasteiger partial charge in [-0.05, 0) is 42.8 Å². The summed E-state index contributed by atoms with van der Waals surface area (Å²) in [6.07, 6.45) is 0.515. The van der Waals surface area contributed by atoms with Crippen LogP contribution in [0.15, 0.2) is 54.6 Å². The van der Waals surface area contributed by atoms with Gasteiger partial charge in [0.1, 0.15) is 11.4 Å². The molecule has 0 radical (unpaired) electrons. The summed E-state index contributed by atoms with van der Waals surface area (Å²) in [5, 5.41) is 13.2. The number of aromatic amines is 1. The molecule has 158 valence electrons. The molecular weight excluding hydrogens is 396 g/mol. The SMILES string of the molecule is COc1ccc(-c2nc(C(=O)NCCCC(=O)NO)cc3c2[nH]c2ccccc23)cc1. The van der Waals surface area contributed by atoms with Crippen molar-refractivity contribution in [2.45, 2.75) is 12.8 Å². The van der Waals surface area contributed by atoms with E-state index in [0.29, 0.717) is 12.1 Å². The highest BCUT2D eigenvalue weighted by Crippen LogP contribution is 2.33. The molecule has 0 aliphatic carbocycles. The number of H-pyrrole nitrogens is 1. The quantitative estimate of drug-likeness (QED) is 0.209. The van der Waals surface area contributed by atoms with E-state index in [2.05, 4.69) is 15.3 Å². The molecular formula is C23H22N4O4. The molecule has 8 nitrogen and oxygen atoms in total. The van der Waals surface area contributed by atoms with E-state index < -0.39 is 5.91 Å². The average molecular weight is 418 g/mol. The Morgan fingerprint density at radius 2 is 1.87 bits per heavy atom. The van der Waals surface area contributed by atoms with Gasteiger partial charge in [0.15, 0.2) is 0 Å². The second-order valence-electron chi connectivity index (χ2n) is 7.07. The molecule has 0 unspecified atom stereocenters. The predicted octanol–water partition coefficient (Wildman–Crippen LogP) is 3.41. The van der Waals surface area contributed by atoms with Crippen LogP contribution >= 0.6 is 0 Å². The van der Waals surface area contributed by atoms with Crippen molar-refractivity contribution >= 4 is 33.6 Å². The van der Waals surface area contributed by atoms with Gasteiger partial charge < -0.3 is 15.0 Å². The van der Waals surface area contributed by atoms with E-state index in [9.17, 15) is 9.59 Å². The van der Waals surface area contributed by atoms with Crippen molar-refractivity contribution in [1.82, 2.24) is 20.8 Å². The van der Waals surface area contributed by atoms with Crippen LogP contribution in [-0.4, -0.2) is 40.6 Å². The molecule has 2 amide bonds. The maximum atomic E-state index is 12.8. The third-order valence-electron chi connectivity index (χ3n) is 5.08. The van der Waals surface area contributed by atoms with Gasteiger partial charge in [0.05, 0.1) is 18.3 Å². The third kappa shape index (κ3) is 4.19. The summed E-state index contributed by atoms with van der Waals surface area (Å²) in [6, 6.07) is 17.2. The number of carbonyl (C=O) groups is 2. The van der Waals surface area contributed by atoms with E-state index in [0.717, 1.165) is 33.1 Å². The summed E-state index contributed by atoms with van der Waals surface area (Å²) in [4.78, 5) is 32.0. The second-order valence-corrected chi connectivity index (χ2v) is 7.07. The zero-order valence-electron chi connectivity index (χ0n) is 16.9. The lowest BCUT2D eigenvalue weighted by Gasteiger charge is -2.09. The van der Waals surface area contributed by atoms with E-state index in [1.165, 1.54) is 0 Å². The molecule has 4 rings (SSSR count). The smallest absolute Gasteiger partial charge is 0.269 e. The van der Waals surface area contributed by atoms with Crippen molar-refractivity contribution in [3.63, 3.8) is 0 Å². The number of para-hydroxylation sites is 1. The highest BCUT2D eigenvalue weighted by molar-refractivity contribution is 6.13. The average Bonchev–Trinajstić information content (AvgIpc) is 3.19. The molecule has 0 aliphatic rings. The number of methoxy groups -OCH3 is 1. The zero-order valence-corrected chi connectivity index (χ0v) is 16.9. The summed E-state index contributed by atoms with van der Waals surface area (Å²) in [5.41, 5.74) is 5.19. The maximum absolute atomic E-state index is 12.8. The van der Waals surface area contributed by atoms with Crippen LogP contribution in [0.4, 0.5) is 0 Å². The molecule has 0 saturated heterocycles. The molecule has 2 aromatic carbocycles. The van der Waals surface area contributed by atoms with Crippen LogP contribution in [0.1, 0.15) is 23.3 Å². The lowest BCUT2D eigenvalue weighted by atomic mass is 10.1. The van der Waals surface area contributed by atoms with Crippen LogP contribution in [0.5, 0.6) is 5.75 Å². The van der Waals surface area contributed by atoms with E-state index in [4.69, 9.17) is 9.94 Å². The van der Waals surface area contributed by atoms with Crippen molar-refractivity contribution in [3.05, 3.63) is 60.3 Å². The number of amides is 2. The van der Waals surface area contributed by atoms with Crippen LogP contribution in [0.2, 0.25) is 0 Å². The standard InChI is InChI=1S/C23H22N4O4/c1-31-15-10-8-14(9-11-15)21-22-17(16-5-2-3-6-18(16)25-22)13-19(26-21)23(29)24-12-4-7-20(28)27-30/h2-3,5-6,8-11,13,25,30H,4,7,12H2,1H3,(H,24,29)(H,27,28). The molecule has 0 fully saturated rings. The van der Waals surface area contributed by atoms with Crippen LogP contribution < -0.4 is 15.5 Å². The molecule has 0 atom stereocenters. The molecule has 8 heteroatoms. The largest absolute Gasteiger partial charge is 0.497 e. The first kappa shape index (κ1) is 20.4. The molecule has 0 spiro atoms. The maximum Gasteiger partial charge on any atom is 0.269 e. The molecule has 0 aliphatic heterocycles. The minimum absolute atomic E-state index is 0.114. The highest BCUT2D eigenvalue weighted by atomic mass is 16.5. The predicted molar refractivity (Wildman–Crippen MR) is 117 cm³/mol. The third-order valence-corrected chi connectivity index (χ3v) is 5.08. The number of nitrogens with one attached hydrogen (secondary N) is 3. The number of hydrogen-bond donors (Lipinski definition) is 4. The number of hydrogen-bond acceptors (Lipinski definition) is 5. The van der Waals surface area contributed by atoms with E-state index in [1.807, 2.05) is 48.5 Å². The summed E-state index contributed by atoms with van der Waals surface area (Å²) in [6.45, 7) is 0.289. The Hall–Kier alpha value is -3.91. The number of benzene rings is 2. The number of ether oxygens (including phenoxy) is 1. The van der Waals surface area contributed by atoms with Crippen molar-refractivity contribution in [1.29, 1.82) is 0 Å². The topological polar surface area (TPSA) is 116 Å². The summed E-state index contributed by atoms with van der Waals surface area (Å²) < 4.78 is 5.25. The molecule has 2 aromatic heterocycles. The molecule has 4 N–H and O–H groups in total. The Morgan fingerprint density at radius 1 is 1.10 bits per heavy atom. The fourth-order valence-electron chi connectivity index (χ4n) is 3.52. The number of hydroxylamine groups is 1. The van der Waals surface area contributed by atoms with Gasteiger partial charge in [0.25, 0.3) is 5.91 Å². The van der Waals surface area contributed by atoms with Crippen LogP contribution in [0, 0.1) is 0 Å². The minimum atomic E-state index is -0.491. The van der Waals surface area contributed by atoms with Crippen molar-refractivity contribution in [3.8, 4) is 17.0 Å². The van der Waals surface area contributed by atoms with Gasteiger partial charge >= 0.3 is 0 Å². The van der Waals surface area contributed by atoms with Crippen molar-refractivity contribution in [2.75, 3.05) is 13.7 Å². The van der Waals surface area contributed by atoms with Crippen molar-refractivity contribution < 1.29 is 19.5 Å². The van der Waals surface area contributed by atoms with E-state index in [1.54, 1.807) is 18.7 Å². The number of rotatable bonds is 7. The molecule has 0 bridgehead atoms. The Morgan fingerprint density at radius 3 is 2.61 bits per heavy atom. The first-order valence-electron chi connectivity index (χ1n) is 9.87. The highest BCUT2D eigenvalue weighted by Gasteiger charge is 2.17. The van der Waals surface area contributed by atoms with Crippen molar-refractivity contribution in [2.24, 2.45) is 0 Å². The summed E-state index contributed by atoms with van der Waals surface area (Å²) in [7, 11) is 1.61. The Bertz CT molecular complexity index is 1250. The fourth-order valence-corrected chi connectivity index (χ4v) is 3.52. The van der Waals surface area contributed by atoms with Gasteiger partial charge in [0.2, 0.25) is 5.91 Å². The normalized spacial score (nSPS) is 10.9. The lowest BCUT2D eigenvalue weighted by Crippen LogP contribution is -2.27. The lowest BCUT2D eigenvalue weighted by molar-refractivity contribution is -0.129. The van der Waals surface area contributed by atoms with E-state index >= 15 is 0 Å². The first-order chi connectivity index (χ1) is 15.1. The summed E-state index contributed by atoms with van der Waals surface area (Å²) in [5.74, 6) is -0.0850. The van der Waals surface area contributed by atoms with Gasteiger partial charge in [-0.25, -0.2) is 10.5 Å². The molecule has 0 saturated carbocycles. The van der Waals surface area contributed by atoms with Gasteiger partial charge in [-0.1, -0.05) is 18.2 Å². The van der Waals surface area contributed by atoms with Gasteiger partial charge in [-0.2, -0.15) is 0 Å². The van der Waals surface area contributed by atoms with Crippen LogP contribution in [0.25, 0.3) is 33.1 Å². The van der Waals surface area contributed by atoms with E-state index in [-0.39, 0.29) is 24.6 Å². The van der Waals surface area contributed by atoms with Gasteiger partial charge in [0, 0.05) is 34.8 Å². The first-order valence-corrected chi connectivity index (χ1v) is 9.87. The Labute approximate surface area is 178 Å². The molecule has 4 aromatic rings. The minimum Gasteiger partial charge on any atom is -0.497 e. The molecule has 31 heavy (non-hydrogen) atoms. The van der Waals surface area contributed by atoms with Crippen LogP contribution in [-0.2, 0) is 4.79 Å². The zero-order chi connectivity index (χ0) is 21.8. The number of pyridine rings is 1. The Balaban J connectivity index is 1.72. The number of aromatic nitrogens is 2. The Kier molecular flexibility index (Phi) is 5.81. The monoisotopic (exact) mass is 418 g/mol. The fraction of sp³-hybridized carbons (Fsp3) is 0.174. The summed E-state index contributed by atoms with van der Waals surface area (Å²) >= 11 is 0.